The Hall–Kier alpha value is -0.500. The standard InChI is InChI=1S/C10H12Br2N2O3/c1-17-3-2-13-9(10(15)16)8-7(12)4-6(11)5-14-8/h4-5,9,13H,2-3H2,1H3,(H,15,16). The summed E-state index contributed by atoms with van der Waals surface area (Å²) in [6, 6.07) is 0.906. The molecule has 17 heavy (non-hydrogen) atoms. The minimum Gasteiger partial charge on any atom is -0.480 e. The maximum absolute atomic E-state index is 11.2. The molecule has 0 saturated heterocycles. The number of carboxylic acid groups (broad SMARTS) is 1. The van der Waals surface area contributed by atoms with Crippen LogP contribution >= 0.6 is 31.9 Å². The van der Waals surface area contributed by atoms with E-state index in [-0.39, 0.29) is 0 Å². The molecule has 5 nitrogen and oxygen atoms in total. The topological polar surface area (TPSA) is 71.5 Å². The molecule has 1 aromatic heterocycles. The van der Waals surface area contributed by atoms with Crippen LogP contribution in [0, 0.1) is 0 Å². The van der Waals surface area contributed by atoms with Crippen LogP contribution in [0.4, 0.5) is 0 Å². The van der Waals surface area contributed by atoms with E-state index in [1.165, 1.54) is 0 Å². The Morgan fingerprint density at radius 3 is 2.88 bits per heavy atom. The summed E-state index contributed by atoms with van der Waals surface area (Å²) in [5, 5.41) is 12.0. The highest BCUT2D eigenvalue weighted by Gasteiger charge is 2.22. The first-order valence-electron chi connectivity index (χ1n) is 4.82. The smallest absolute Gasteiger partial charge is 0.327 e. The number of nitrogens with one attached hydrogen (secondary N) is 1. The lowest BCUT2D eigenvalue weighted by atomic mass is 10.2. The van der Waals surface area contributed by atoms with Crippen LogP contribution in [-0.4, -0.2) is 36.3 Å². The molecule has 7 heteroatoms. The second kappa shape index (κ2) is 7.05. The molecule has 1 unspecified atom stereocenters. The Labute approximate surface area is 116 Å². The second-order valence-electron chi connectivity index (χ2n) is 3.24. The number of nitrogens with zero attached hydrogens (tertiary/aromatic N) is 1. The van der Waals surface area contributed by atoms with E-state index in [1.807, 2.05) is 0 Å². The maximum Gasteiger partial charge on any atom is 0.327 e. The third kappa shape index (κ3) is 4.34. The SMILES string of the molecule is COCCNC(C(=O)O)c1ncc(Br)cc1Br. The number of pyridine rings is 1. The lowest BCUT2D eigenvalue weighted by Crippen LogP contribution is -2.32. The van der Waals surface area contributed by atoms with Crippen molar-refractivity contribution in [2.75, 3.05) is 20.3 Å². The van der Waals surface area contributed by atoms with Gasteiger partial charge in [-0.05, 0) is 37.9 Å². The van der Waals surface area contributed by atoms with Gasteiger partial charge in [-0.2, -0.15) is 0 Å². The number of carboxylic acids is 1. The molecule has 0 fully saturated rings. The van der Waals surface area contributed by atoms with Crippen molar-refractivity contribution in [3.05, 3.63) is 26.9 Å². The molecular weight excluding hydrogens is 356 g/mol. The molecule has 0 amide bonds. The van der Waals surface area contributed by atoms with E-state index in [4.69, 9.17) is 9.84 Å². The summed E-state index contributed by atoms with van der Waals surface area (Å²) in [7, 11) is 1.56. The first-order chi connectivity index (χ1) is 8.06. The van der Waals surface area contributed by atoms with Crippen LogP contribution in [-0.2, 0) is 9.53 Å². The lowest BCUT2D eigenvalue weighted by Gasteiger charge is -2.15. The third-order valence-electron chi connectivity index (χ3n) is 2.01. The predicted molar refractivity (Wildman–Crippen MR) is 69.9 cm³/mol. The summed E-state index contributed by atoms with van der Waals surface area (Å²) in [4.78, 5) is 15.3. The zero-order valence-electron chi connectivity index (χ0n) is 9.11. The normalized spacial score (nSPS) is 12.4. The quantitative estimate of drug-likeness (QED) is 0.752. The van der Waals surface area contributed by atoms with Crippen LogP contribution < -0.4 is 5.32 Å². The van der Waals surface area contributed by atoms with E-state index in [9.17, 15) is 4.79 Å². The number of carbonyl (C=O) groups is 1. The van der Waals surface area contributed by atoms with Gasteiger partial charge in [0.25, 0.3) is 0 Å². The molecule has 0 aromatic carbocycles. The highest BCUT2D eigenvalue weighted by atomic mass is 79.9. The minimum absolute atomic E-state index is 0.441. The van der Waals surface area contributed by atoms with Crippen molar-refractivity contribution in [3.8, 4) is 0 Å². The van der Waals surface area contributed by atoms with Crippen LogP contribution in [0.1, 0.15) is 11.7 Å². The molecule has 94 valence electrons. The molecule has 0 bridgehead atoms. The third-order valence-corrected chi connectivity index (χ3v) is 3.08. The minimum atomic E-state index is -0.975. The number of aromatic nitrogens is 1. The predicted octanol–water partition coefficient (Wildman–Crippen LogP) is 1.97. The molecule has 0 radical (unpaired) electrons. The van der Waals surface area contributed by atoms with Crippen LogP contribution in [0.3, 0.4) is 0 Å². The van der Waals surface area contributed by atoms with Gasteiger partial charge in [0, 0.05) is 28.8 Å². The van der Waals surface area contributed by atoms with Gasteiger partial charge in [-0.1, -0.05) is 0 Å². The fourth-order valence-corrected chi connectivity index (χ4v) is 2.46. The van der Waals surface area contributed by atoms with Gasteiger partial charge in [-0.15, -0.1) is 0 Å². The number of ether oxygens (including phenoxy) is 1. The second-order valence-corrected chi connectivity index (χ2v) is 5.01. The van der Waals surface area contributed by atoms with Crippen LogP contribution in [0.25, 0.3) is 0 Å². The summed E-state index contributed by atoms with van der Waals surface area (Å²) in [6.07, 6.45) is 1.56. The summed E-state index contributed by atoms with van der Waals surface area (Å²) in [5.41, 5.74) is 0.441. The Kier molecular flexibility index (Phi) is 6.04. The lowest BCUT2D eigenvalue weighted by molar-refractivity contribution is -0.139. The number of hydrogen-bond donors (Lipinski definition) is 2. The maximum atomic E-state index is 11.2. The van der Waals surface area contributed by atoms with Gasteiger partial charge in [-0.3, -0.25) is 15.1 Å². The highest BCUT2D eigenvalue weighted by molar-refractivity contribution is 9.11. The van der Waals surface area contributed by atoms with Crippen LogP contribution in [0.2, 0.25) is 0 Å². The molecule has 1 atom stereocenters. The first kappa shape index (κ1) is 14.6. The average molecular weight is 368 g/mol. The molecule has 0 aliphatic rings. The molecule has 0 saturated carbocycles. The molecule has 1 aromatic rings. The Morgan fingerprint density at radius 1 is 1.65 bits per heavy atom. The molecule has 1 rings (SSSR count). The van der Waals surface area contributed by atoms with Gasteiger partial charge in [0.1, 0.15) is 6.04 Å². The first-order valence-corrected chi connectivity index (χ1v) is 6.41. The summed E-state index contributed by atoms with van der Waals surface area (Å²) in [6.45, 7) is 0.885. The summed E-state index contributed by atoms with van der Waals surface area (Å²) in [5.74, 6) is -0.975. The van der Waals surface area contributed by atoms with E-state index in [2.05, 4.69) is 42.2 Å². The molecule has 0 spiro atoms. The van der Waals surface area contributed by atoms with Crippen molar-refractivity contribution in [2.45, 2.75) is 6.04 Å². The number of aliphatic carboxylic acids is 1. The van der Waals surface area contributed by atoms with Gasteiger partial charge in [-0.25, -0.2) is 0 Å². The van der Waals surface area contributed by atoms with Crippen molar-refractivity contribution in [1.29, 1.82) is 0 Å². The number of rotatable bonds is 6. The van der Waals surface area contributed by atoms with E-state index >= 15 is 0 Å². The highest BCUT2D eigenvalue weighted by Crippen LogP contribution is 2.24. The fraction of sp³-hybridized carbons (Fsp3) is 0.400. The van der Waals surface area contributed by atoms with Gasteiger partial charge < -0.3 is 9.84 Å². The molecule has 0 aliphatic heterocycles. The van der Waals surface area contributed by atoms with Crippen LogP contribution in [0.5, 0.6) is 0 Å². The zero-order chi connectivity index (χ0) is 12.8. The summed E-state index contributed by atoms with van der Waals surface area (Å²) >= 11 is 6.56. The Morgan fingerprint density at radius 2 is 2.35 bits per heavy atom. The number of halogens is 2. The molecular formula is C10H12Br2N2O3. The number of methoxy groups -OCH3 is 1. The zero-order valence-corrected chi connectivity index (χ0v) is 12.3. The van der Waals surface area contributed by atoms with Gasteiger partial charge >= 0.3 is 5.97 Å². The van der Waals surface area contributed by atoms with Crippen LogP contribution in [0.15, 0.2) is 21.2 Å². The van der Waals surface area contributed by atoms with E-state index < -0.39 is 12.0 Å². The Balaban J connectivity index is 2.86. The molecule has 2 N–H and O–H groups in total. The van der Waals surface area contributed by atoms with Gasteiger partial charge in [0.15, 0.2) is 0 Å². The molecule has 1 heterocycles. The van der Waals surface area contributed by atoms with Crippen molar-refractivity contribution < 1.29 is 14.6 Å². The van der Waals surface area contributed by atoms with Crippen molar-refractivity contribution in [1.82, 2.24) is 10.3 Å². The summed E-state index contributed by atoms with van der Waals surface area (Å²) < 4.78 is 6.29. The van der Waals surface area contributed by atoms with E-state index in [1.54, 1.807) is 19.4 Å². The Bertz CT molecular complexity index is 401. The van der Waals surface area contributed by atoms with Crippen molar-refractivity contribution in [3.63, 3.8) is 0 Å². The molecule has 0 aliphatic carbocycles. The van der Waals surface area contributed by atoms with E-state index in [0.29, 0.717) is 23.3 Å². The van der Waals surface area contributed by atoms with Gasteiger partial charge in [0.2, 0.25) is 0 Å². The van der Waals surface area contributed by atoms with E-state index in [0.717, 1.165) is 4.47 Å². The van der Waals surface area contributed by atoms with Crippen molar-refractivity contribution >= 4 is 37.8 Å². The monoisotopic (exact) mass is 366 g/mol. The number of hydrogen-bond acceptors (Lipinski definition) is 4. The largest absolute Gasteiger partial charge is 0.480 e. The van der Waals surface area contributed by atoms with Crippen molar-refractivity contribution in [2.24, 2.45) is 0 Å². The van der Waals surface area contributed by atoms with Gasteiger partial charge in [0.05, 0.1) is 12.3 Å². The fourth-order valence-electron chi connectivity index (χ4n) is 1.24. The average Bonchev–Trinajstić information content (AvgIpc) is 2.25.